The maximum Gasteiger partial charge on any atom is 0.154 e. The van der Waals surface area contributed by atoms with E-state index in [-0.39, 0.29) is 30.1 Å². The number of nitrogens with two attached hydrogens (primary N) is 1. The molecule has 96 valence electrons. The highest BCUT2D eigenvalue weighted by Crippen LogP contribution is 2.32. The molecule has 0 aromatic carbocycles. The number of aromatic nitrogens is 3. The van der Waals surface area contributed by atoms with Crippen molar-refractivity contribution in [2.75, 3.05) is 12.3 Å². The second kappa shape index (κ2) is 4.18. The van der Waals surface area contributed by atoms with E-state index in [0.717, 1.165) is 6.42 Å². The normalized spacial score (nSPS) is 23.9. The van der Waals surface area contributed by atoms with E-state index in [1.807, 2.05) is 0 Å². The molecule has 0 unspecified atom stereocenters. The van der Waals surface area contributed by atoms with E-state index in [1.54, 1.807) is 4.57 Å². The molecule has 7 heteroatoms. The zero-order valence-electron chi connectivity index (χ0n) is 9.58. The van der Waals surface area contributed by atoms with Crippen LogP contribution in [0.1, 0.15) is 19.1 Å². The van der Waals surface area contributed by atoms with E-state index < -0.39 is 5.82 Å². The Hall–Kier alpha value is -1.73. The van der Waals surface area contributed by atoms with Crippen LogP contribution in [0, 0.1) is 5.82 Å². The van der Waals surface area contributed by atoms with Gasteiger partial charge in [-0.05, 0) is 12.8 Å². The largest absolute Gasteiger partial charge is 0.394 e. The zero-order valence-corrected chi connectivity index (χ0v) is 9.58. The minimum atomic E-state index is -0.459. The van der Waals surface area contributed by atoms with Gasteiger partial charge in [-0.1, -0.05) is 0 Å². The molecule has 6 nitrogen and oxygen atoms in total. The second-order valence-corrected chi connectivity index (χ2v) is 4.31. The quantitative estimate of drug-likeness (QED) is 0.826. The molecular weight excluding hydrogens is 239 g/mol. The monoisotopic (exact) mass is 252 g/mol. The number of halogens is 1. The van der Waals surface area contributed by atoms with Crippen molar-refractivity contribution in [3.8, 4) is 0 Å². The molecule has 3 heterocycles. The molecule has 1 aliphatic heterocycles. The van der Waals surface area contributed by atoms with Gasteiger partial charge in [-0.2, -0.15) is 0 Å². The van der Waals surface area contributed by atoms with Crippen LogP contribution in [-0.4, -0.2) is 32.4 Å². The number of nitrogen functional groups attached to an aromatic ring is 1. The van der Waals surface area contributed by atoms with E-state index in [1.165, 1.54) is 12.5 Å². The molecular formula is C11H13FN4O2. The van der Waals surface area contributed by atoms with Gasteiger partial charge in [-0.15, -0.1) is 0 Å². The van der Waals surface area contributed by atoms with Gasteiger partial charge in [0.1, 0.15) is 18.4 Å². The fourth-order valence-electron chi connectivity index (χ4n) is 2.31. The van der Waals surface area contributed by atoms with Gasteiger partial charge in [0.15, 0.2) is 11.5 Å². The Morgan fingerprint density at radius 2 is 2.33 bits per heavy atom. The topological polar surface area (TPSA) is 86.2 Å². The van der Waals surface area contributed by atoms with Gasteiger partial charge < -0.3 is 20.1 Å². The van der Waals surface area contributed by atoms with Crippen molar-refractivity contribution in [3.05, 3.63) is 18.3 Å². The summed E-state index contributed by atoms with van der Waals surface area (Å²) >= 11 is 0. The van der Waals surface area contributed by atoms with E-state index in [4.69, 9.17) is 15.6 Å². The molecule has 3 N–H and O–H groups in total. The Bertz CT molecular complexity index is 586. The van der Waals surface area contributed by atoms with Gasteiger partial charge in [-0.25, -0.2) is 14.4 Å². The first kappa shape index (κ1) is 11.4. The number of rotatable bonds is 2. The number of aliphatic hydroxyl groups is 1. The Balaban J connectivity index is 2.06. The lowest BCUT2D eigenvalue weighted by atomic mass is 10.2. The number of hydrogen-bond acceptors (Lipinski definition) is 5. The van der Waals surface area contributed by atoms with Crippen molar-refractivity contribution in [3.63, 3.8) is 0 Å². The summed E-state index contributed by atoms with van der Waals surface area (Å²) in [7, 11) is 0. The summed E-state index contributed by atoms with van der Waals surface area (Å²) in [5.74, 6) is -0.341. The molecule has 1 aliphatic rings. The van der Waals surface area contributed by atoms with Gasteiger partial charge in [-0.3, -0.25) is 0 Å². The fraction of sp³-hybridized carbons (Fsp3) is 0.455. The molecule has 18 heavy (non-hydrogen) atoms. The fourth-order valence-corrected chi connectivity index (χ4v) is 2.31. The van der Waals surface area contributed by atoms with Gasteiger partial charge >= 0.3 is 0 Å². The van der Waals surface area contributed by atoms with Crippen LogP contribution < -0.4 is 5.73 Å². The molecule has 3 rings (SSSR count). The van der Waals surface area contributed by atoms with Crippen molar-refractivity contribution in [1.29, 1.82) is 0 Å². The van der Waals surface area contributed by atoms with Gasteiger partial charge in [0.2, 0.25) is 0 Å². The highest BCUT2D eigenvalue weighted by atomic mass is 19.1. The molecule has 0 spiro atoms. The molecule has 0 bridgehead atoms. The van der Waals surface area contributed by atoms with Crippen LogP contribution in [0.4, 0.5) is 10.2 Å². The Morgan fingerprint density at radius 1 is 1.50 bits per heavy atom. The number of nitrogens with zero attached hydrogens (tertiary/aromatic N) is 3. The molecule has 0 amide bonds. The number of hydrogen-bond donors (Lipinski definition) is 2. The predicted octanol–water partition coefficient (Wildman–Crippen LogP) is 0.822. The third-order valence-electron chi connectivity index (χ3n) is 3.19. The average Bonchev–Trinajstić information content (AvgIpc) is 2.94. The third-order valence-corrected chi connectivity index (χ3v) is 3.19. The number of fused-ring (bicyclic) bond motifs is 1. The van der Waals surface area contributed by atoms with Crippen molar-refractivity contribution >= 4 is 16.9 Å². The van der Waals surface area contributed by atoms with Crippen LogP contribution in [0.2, 0.25) is 0 Å². The molecule has 1 saturated heterocycles. The lowest BCUT2D eigenvalue weighted by Gasteiger charge is -2.14. The summed E-state index contributed by atoms with van der Waals surface area (Å²) in [5, 5.41) is 9.26. The Labute approximate surface area is 102 Å². The summed E-state index contributed by atoms with van der Waals surface area (Å²) in [4.78, 5) is 7.82. The smallest absolute Gasteiger partial charge is 0.154 e. The minimum Gasteiger partial charge on any atom is -0.394 e. The lowest BCUT2D eigenvalue weighted by molar-refractivity contribution is -0.0206. The molecule has 1 fully saturated rings. The summed E-state index contributed by atoms with van der Waals surface area (Å²) in [5.41, 5.74) is 6.06. The Kier molecular flexibility index (Phi) is 2.64. The highest BCUT2D eigenvalue weighted by molar-refractivity contribution is 5.86. The molecule has 0 aliphatic carbocycles. The summed E-state index contributed by atoms with van der Waals surface area (Å²) in [6.45, 7) is -0.0324. The van der Waals surface area contributed by atoms with Gasteiger partial charge in [0.25, 0.3) is 0 Å². The molecule has 2 aromatic rings. The predicted molar refractivity (Wildman–Crippen MR) is 62.1 cm³/mol. The van der Waals surface area contributed by atoms with Gasteiger partial charge in [0.05, 0.1) is 18.1 Å². The Morgan fingerprint density at radius 3 is 3.06 bits per heavy atom. The first-order valence-electron chi connectivity index (χ1n) is 5.73. The molecule has 0 saturated carbocycles. The molecule has 2 atom stereocenters. The van der Waals surface area contributed by atoms with Crippen molar-refractivity contribution in [2.24, 2.45) is 0 Å². The molecule has 0 radical (unpaired) electrons. The third kappa shape index (κ3) is 1.63. The van der Waals surface area contributed by atoms with Crippen LogP contribution in [0.15, 0.2) is 12.5 Å². The summed E-state index contributed by atoms with van der Waals surface area (Å²) in [6, 6.07) is 0. The van der Waals surface area contributed by atoms with Crippen LogP contribution in [0.5, 0.6) is 0 Å². The zero-order chi connectivity index (χ0) is 12.7. The first-order chi connectivity index (χ1) is 8.70. The number of ether oxygens (including phenoxy) is 1. The van der Waals surface area contributed by atoms with Crippen molar-refractivity contribution in [1.82, 2.24) is 14.5 Å². The number of aliphatic hydroxyl groups excluding tert-OH is 1. The SMILES string of the molecule is Nc1ncnc2c1c(F)cn2[C@H]1CC[C@@H](CO)O1. The van der Waals surface area contributed by atoms with Crippen LogP contribution >= 0.6 is 0 Å². The maximum atomic E-state index is 13.8. The van der Waals surface area contributed by atoms with E-state index in [0.29, 0.717) is 12.1 Å². The van der Waals surface area contributed by atoms with Gasteiger partial charge in [0, 0.05) is 6.20 Å². The lowest BCUT2D eigenvalue weighted by Crippen LogP contribution is -2.14. The van der Waals surface area contributed by atoms with E-state index in [9.17, 15) is 4.39 Å². The van der Waals surface area contributed by atoms with E-state index in [2.05, 4.69) is 9.97 Å². The highest BCUT2D eigenvalue weighted by Gasteiger charge is 2.28. The average molecular weight is 252 g/mol. The summed E-state index contributed by atoms with van der Waals surface area (Å²) < 4.78 is 21.0. The maximum absolute atomic E-state index is 13.8. The summed E-state index contributed by atoms with van der Waals surface area (Å²) in [6.07, 6.45) is 3.55. The van der Waals surface area contributed by atoms with Crippen LogP contribution in [0.25, 0.3) is 11.0 Å². The van der Waals surface area contributed by atoms with Crippen molar-refractivity contribution in [2.45, 2.75) is 25.2 Å². The second-order valence-electron chi connectivity index (χ2n) is 4.31. The first-order valence-corrected chi connectivity index (χ1v) is 5.73. The molecule has 2 aromatic heterocycles. The van der Waals surface area contributed by atoms with Crippen LogP contribution in [-0.2, 0) is 4.74 Å². The van der Waals surface area contributed by atoms with Crippen molar-refractivity contribution < 1.29 is 14.2 Å². The number of anilines is 1. The standard InChI is InChI=1S/C11H13FN4O2/c12-7-3-16(8-2-1-6(4-17)18-8)11-9(7)10(13)14-5-15-11/h3,5-6,8,17H,1-2,4H2,(H2,13,14,15)/t6-,8+/m0/s1. The minimum absolute atomic E-state index is 0.0324. The van der Waals surface area contributed by atoms with Crippen LogP contribution in [0.3, 0.4) is 0 Å². The van der Waals surface area contributed by atoms with E-state index >= 15 is 0 Å².